The molecular weight excluding hydrogens is 396 g/mol. The molecule has 0 aromatic rings. The van der Waals surface area contributed by atoms with E-state index in [0.29, 0.717) is 10.8 Å². The van der Waals surface area contributed by atoms with Crippen LogP contribution in [0.25, 0.3) is 0 Å². The second kappa shape index (κ2) is 13.2. The number of rotatable bonds is 10. The van der Waals surface area contributed by atoms with E-state index in [1.165, 1.54) is 77.0 Å². The van der Waals surface area contributed by atoms with Crippen LogP contribution in [-0.4, -0.2) is 0 Å². The smallest absolute Gasteiger partial charge is 0.0157 e. The van der Waals surface area contributed by atoms with Gasteiger partial charge in [0.25, 0.3) is 0 Å². The van der Waals surface area contributed by atoms with Crippen molar-refractivity contribution in [2.75, 3.05) is 0 Å². The van der Waals surface area contributed by atoms with Crippen LogP contribution in [0.5, 0.6) is 0 Å². The SMILES string of the molecule is CCC1=CC(CCC2C=C(C)CCCC2)=CCC=C1CCCCC(CC(C)(C)C)C(C)(C)C. The van der Waals surface area contributed by atoms with Crippen molar-refractivity contribution in [3.05, 3.63) is 46.6 Å². The van der Waals surface area contributed by atoms with Gasteiger partial charge in [0.1, 0.15) is 0 Å². The van der Waals surface area contributed by atoms with Crippen LogP contribution in [0.3, 0.4) is 0 Å². The molecule has 0 aliphatic heterocycles. The highest BCUT2D eigenvalue weighted by Crippen LogP contribution is 2.39. The Morgan fingerprint density at radius 2 is 1.70 bits per heavy atom. The van der Waals surface area contributed by atoms with Crippen LogP contribution in [-0.2, 0) is 0 Å². The summed E-state index contributed by atoms with van der Waals surface area (Å²) in [4.78, 5) is 0. The zero-order chi connectivity index (χ0) is 24.5. The first kappa shape index (κ1) is 28.2. The van der Waals surface area contributed by atoms with Gasteiger partial charge in [-0.2, -0.15) is 0 Å². The molecular formula is C33H56. The molecule has 0 saturated heterocycles. The largest absolute Gasteiger partial charge is 0.0825 e. The third-order valence-electron chi connectivity index (χ3n) is 7.95. The van der Waals surface area contributed by atoms with Crippen molar-refractivity contribution in [1.82, 2.24) is 0 Å². The Morgan fingerprint density at radius 3 is 2.36 bits per heavy atom. The van der Waals surface area contributed by atoms with Crippen LogP contribution in [0.4, 0.5) is 0 Å². The molecule has 0 heterocycles. The average molecular weight is 453 g/mol. The van der Waals surface area contributed by atoms with E-state index >= 15 is 0 Å². The number of unbranched alkanes of at least 4 members (excludes halogenated alkanes) is 1. The van der Waals surface area contributed by atoms with Crippen LogP contribution in [0.1, 0.15) is 139 Å². The maximum Gasteiger partial charge on any atom is -0.0157 e. The van der Waals surface area contributed by atoms with Gasteiger partial charge in [0, 0.05) is 0 Å². The molecule has 0 fully saturated rings. The molecule has 2 rings (SSSR count). The Balaban J connectivity index is 1.87. The fourth-order valence-corrected chi connectivity index (χ4v) is 5.87. The summed E-state index contributed by atoms with van der Waals surface area (Å²) in [5, 5.41) is 0. The summed E-state index contributed by atoms with van der Waals surface area (Å²) >= 11 is 0. The highest BCUT2D eigenvalue weighted by molar-refractivity contribution is 5.40. The van der Waals surface area contributed by atoms with Gasteiger partial charge in [-0.05, 0) is 111 Å². The second-order valence-corrected chi connectivity index (χ2v) is 13.4. The molecule has 0 radical (unpaired) electrons. The van der Waals surface area contributed by atoms with Gasteiger partial charge < -0.3 is 0 Å². The van der Waals surface area contributed by atoms with E-state index in [2.05, 4.69) is 79.7 Å². The van der Waals surface area contributed by atoms with E-state index < -0.39 is 0 Å². The minimum absolute atomic E-state index is 0.410. The zero-order valence-electron chi connectivity index (χ0n) is 23.7. The Labute approximate surface area is 208 Å². The number of hydrogen-bond acceptors (Lipinski definition) is 0. The Hall–Kier alpha value is -1.04. The minimum atomic E-state index is 0.410. The normalized spacial score (nSPS) is 21.4. The van der Waals surface area contributed by atoms with Crippen LogP contribution in [0.15, 0.2) is 46.6 Å². The molecule has 2 aliphatic rings. The van der Waals surface area contributed by atoms with Crippen LogP contribution < -0.4 is 0 Å². The Bertz CT molecular complexity index is 710. The van der Waals surface area contributed by atoms with Gasteiger partial charge in [0.05, 0.1) is 0 Å². The minimum Gasteiger partial charge on any atom is -0.0825 e. The fraction of sp³-hybridized carbons (Fsp3) is 0.758. The average Bonchev–Trinajstić information content (AvgIpc) is 3.04. The lowest BCUT2D eigenvalue weighted by Crippen LogP contribution is -2.25. The molecule has 188 valence electrons. The topological polar surface area (TPSA) is 0 Å². The molecule has 0 saturated carbocycles. The van der Waals surface area contributed by atoms with Crippen molar-refractivity contribution in [2.45, 2.75) is 139 Å². The molecule has 0 aromatic heterocycles. The van der Waals surface area contributed by atoms with Gasteiger partial charge in [-0.1, -0.05) is 96.8 Å². The van der Waals surface area contributed by atoms with Gasteiger partial charge in [-0.3, -0.25) is 0 Å². The first-order chi connectivity index (χ1) is 15.5. The van der Waals surface area contributed by atoms with Crippen molar-refractivity contribution >= 4 is 0 Å². The van der Waals surface area contributed by atoms with E-state index in [0.717, 1.165) is 18.3 Å². The highest BCUT2D eigenvalue weighted by atomic mass is 14.3. The maximum absolute atomic E-state index is 2.59. The maximum atomic E-state index is 2.59. The molecule has 2 aliphatic carbocycles. The van der Waals surface area contributed by atoms with E-state index in [1.807, 2.05) is 0 Å². The first-order valence-electron chi connectivity index (χ1n) is 14.2. The lowest BCUT2D eigenvalue weighted by atomic mass is 9.70. The molecule has 0 amide bonds. The summed E-state index contributed by atoms with van der Waals surface area (Å²) in [5.41, 5.74) is 7.29. The molecule has 0 aromatic carbocycles. The van der Waals surface area contributed by atoms with Gasteiger partial charge >= 0.3 is 0 Å². The third kappa shape index (κ3) is 10.8. The molecule has 2 atom stereocenters. The van der Waals surface area contributed by atoms with Crippen molar-refractivity contribution in [2.24, 2.45) is 22.7 Å². The third-order valence-corrected chi connectivity index (χ3v) is 7.95. The predicted molar refractivity (Wildman–Crippen MR) is 150 cm³/mol. The van der Waals surface area contributed by atoms with Gasteiger partial charge in [-0.15, -0.1) is 0 Å². The number of allylic oxidation sites excluding steroid dienone is 8. The summed E-state index contributed by atoms with van der Waals surface area (Å²) < 4.78 is 0. The molecule has 0 nitrogen and oxygen atoms in total. The van der Waals surface area contributed by atoms with Crippen molar-refractivity contribution < 1.29 is 0 Å². The molecule has 33 heavy (non-hydrogen) atoms. The summed E-state index contributed by atoms with van der Waals surface area (Å²) in [5.74, 6) is 1.61. The van der Waals surface area contributed by atoms with E-state index in [-0.39, 0.29) is 0 Å². The zero-order valence-corrected chi connectivity index (χ0v) is 23.7. The summed E-state index contributed by atoms with van der Waals surface area (Å²) in [6.07, 6.45) is 27.2. The lowest BCUT2D eigenvalue weighted by molar-refractivity contribution is 0.152. The van der Waals surface area contributed by atoms with E-state index in [4.69, 9.17) is 0 Å². The summed E-state index contributed by atoms with van der Waals surface area (Å²) in [6, 6.07) is 0. The van der Waals surface area contributed by atoms with Crippen LogP contribution in [0, 0.1) is 22.7 Å². The molecule has 0 heteroatoms. The summed E-state index contributed by atoms with van der Waals surface area (Å²) in [6.45, 7) is 19.2. The predicted octanol–water partition coefficient (Wildman–Crippen LogP) is 11.2. The van der Waals surface area contributed by atoms with Gasteiger partial charge in [-0.25, -0.2) is 0 Å². The second-order valence-electron chi connectivity index (χ2n) is 13.4. The Morgan fingerprint density at radius 1 is 0.939 bits per heavy atom. The first-order valence-corrected chi connectivity index (χ1v) is 14.2. The molecule has 0 spiro atoms. The highest BCUT2D eigenvalue weighted by Gasteiger charge is 2.28. The monoisotopic (exact) mass is 452 g/mol. The standard InChI is InChI=1S/C33H56/c1-9-29-24-28(22-21-27-16-11-10-15-26(2)23-27)17-14-19-30(29)18-12-13-20-31(33(6,7)8)25-32(3,4)5/h17,19,23-24,27,31H,9-16,18,20-22,25H2,1-8H3. The van der Waals surface area contributed by atoms with Crippen molar-refractivity contribution in [3.8, 4) is 0 Å². The van der Waals surface area contributed by atoms with Crippen LogP contribution in [0.2, 0.25) is 0 Å². The molecule has 2 unspecified atom stereocenters. The lowest BCUT2D eigenvalue weighted by Gasteiger charge is -2.36. The van der Waals surface area contributed by atoms with E-state index in [1.54, 1.807) is 22.3 Å². The Kier molecular flexibility index (Phi) is 11.2. The quantitative estimate of drug-likeness (QED) is 0.228. The van der Waals surface area contributed by atoms with E-state index in [9.17, 15) is 0 Å². The van der Waals surface area contributed by atoms with Gasteiger partial charge in [0.2, 0.25) is 0 Å². The molecule has 0 N–H and O–H groups in total. The van der Waals surface area contributed by atoms with Crippen LogP contribution >= 0.6 is 0 Å². The van der Waals surface area contributed by atoms with Crippen molar-refractivity contribution in [1.29, 1.82) is 0 Å². The van der Waals surface area contributed by atoms with Gasteiger partial charge in [0.15, 0.2) is 0 Å². The fourth-order valence-electron chi connectivity index (χ4n) is 5.87. The summed E-state index contributed by atoms with van der Waals surface area (Å²) in [7, 11) is 0. The van der Waals surface area contributed by atoms with Crippen molar-refractivity contribution in [3.63, 3.8) is 0 Å². The number of hydrogen-bond donors (Lipinski definition) is 0. The molecule has 0 bridgehead atoms.